The average molecular weight is 234 g/mol. The third kappa shape index (κ3) is 5.01. The van der Waals surface area contributed by atoms with E-state index in [4.69, 9.17) is 5.26 Å². The Balaban J connectivity index is 2.27. The number of hydrogen-bond acceptors (Lipinski definition) is 3. The summed E-state index contributed by atoms with van der Waals surface area (Å²) in [4.78, 5) is 2.27. The van der Waals surface area contributed by atoms with Crippen molar-refractivity contribution in [1.82, 2.24) is 14.7 Å². The first kappa shape index (κ1) is 13.7. The van der Waals surface area contributed by atoms with Crippen LogP contribution in [0.1, 0.15) is 32.3 Å². The van der Waals surface area contributed by atoms with Crippen molar-refractivity contribution in [2.75, 3.05) is 13.6 Å². The normalized spacial score (nSPS) is 11.8. The van der Waals surface area contributed by atoms with Crippen LogP contribution >= 0.6 is 0 Å². The minimum Gasteiger partial charge on any atom is -0.302 e. The monoisotopic (exact) mass is 234 g/mol. The molecule has 1 rings (SSSR count). The fraction of sp³-hybridized carbons (Fsp3) is 0.692. The van der Waals surface area contributed by atoms with Gasteiger partial charge in [0.1, 0.15) is 0 Å². The Kier molecular flexibility index (Phi) is 4.71. The maximum Gasteiger partial charge on any atom is 0.0683 e. The molecule has 0 spiro atoms. The topological polar surface area (TPSA) is 44.9 Å². The van der Waals surface area contributed by atoms with Gasteiger partial charge in [-0.1, -0.05) is 0 Å². The summed E-state index contributed by atoms with van der Waals surface area (Å²) < 4.78 is 1.82. The van der Waals surface area contributed by atoms with Gasteiger partial charge in [-0.2, -0.15) is 10.4 Å². The van der Waals surface area contributed by atoms with Gasteiger partial charge in [0.15, 0.2) is 0 Å². The van der Waals surface area contributed by atoms with Crippen molar-refractivity contribution >= 4 is 0 Å². The highest BCUT2D eigenvalue weighted by Crippen LogP contribution is 2.20. The van der Waals surface area contributed by atoms with Crippen LogP contribution < -0.4 is 0 Å². The van der Waals surface area contributed by atoms with Gasteiger partial charge >= 0.3 is 0 Å². The van der Waals surface area contributed by atoms with E-state index in [1.54, 1.807) is 0 Å². The highest BCUT2D eigenvalue weighted by atomic mass is 15.2. The Labute approximate surface area is 104 Å². The maximum absolute atomic E-state index is 8.92. The number of aryl methyl sites for hydroxylation is 1. The summed E-state index contributed by atoms with van der Waals surface area (Å²) in [5.41, 5.74) is 1.03. The Morgan fingerprint density at radius 3 is 2.76 bits per heavy atom. The van der Waals surface area contributed by atoms with Crippen molar-refractivity contribution in [3.63, 3.8) is 0 Å². The molecule has 94 valence electrons. The smallest absolute Gasteiger partial charge is 0.0683 e. The number of hydrogen-bond donors (Lipinski definition) is 0. The van der Waals surface area contributed by atoms with Crippen molar-refractivity contribution in [2.45, 2.75) is 33.2 Å². The second-order valence-electron chi connectivity index (χ2n) is 5.36. The summed E-state index contributed by atoms with van der Waals surface area (Å²) in [6.07, 6.45) is 5.93. The van der Waals surface area contributed by atoms with Crippen LogP contribution in [0.5, 0.6) is 0 Å². The lowest BCUT2D eigenvalue weighted by Crippen LogP contribution is -2.20. The van der Waals surface area contributed by atoms with Crippen LogP contribution in [0.2, 0.25) is 0 Å². The van der Waals surface area contributed by atoms with Crippen LogP contribution in [0.15, 0.2) is 12.4 Å². The average Bonchev–Trinajstić information content (AvgIpc) is 2.63. The molecule has 0 amide bonds. The predicted octanol–water partition coefficient (Wildman–Crippen LogP) is 2.18. The third-order valence-electron chi connectivity index (χ3n) is 2.86. The molecule has 0 atom stereocenters. The fourth-order valence-electron chi connectivity index (χ4n) is 1.79. The Morgan fingerprint density at radius 1 is 1.53 bits per heavy atom. The zero-order valence-electron chi connectivity index (χ0n) is 11.3. The molecule has 1 aromatic rings. The zero-order chi connectivity index (χ0) is 12.9. The molecule has 0 N–H and O–H groups in total. The fourth-order valence-corrected chi connectivity index (χ4v) is 1.79. The van der Waals surface area contributed by atoms with Crippen LogP contribution in [-0.4, -0.2) is 28.3 Å². The van der Waals surface area contributed by atoms with E-state index in [1.165, 1.54) is 5.56 Å². The van der Waals surface area contributed by atoms with Gasteiger partial charge in [0, 0.05) is 25.4 Å². The molecule has 0 aliphatic heterocycles. The SMILES string of the molecule is CN(CCCC(C)(C)C#N)Cc1cnn(C)c1. The first-order valence-corrected chi connectivity index (χ1v) is 6.00. The standard InChI is InChI=1S/C13H22N4/c1-13(2,11-14)6-5-7-16(3)9-12-8-15-17(4)10-12/h8,10H,5-7,9H2,1-4H3. The summed E-state index contributed by atoms with van der Waals surface area (Å²) in [6.45, 7) is 5.92. The highest BCUT2D eigenvalue weighted by Gasteiger charge is 2.16. The van der Waals surface area contributed by atoms with E-state index >= 15 is 0 Å². The van der Waals surface area contributed by atoms with Crippen molar-refractivity contribution in [3.05, 3.63) is 18.0 Å². The zero-order valence-corrected chi connectivity index (χ0v) is 11.3. The number of nitriles is 1. The van der Waals surface area contributed by atoms with Gasteiger partial charge in [0.25, 0.3) is 0 Å². The summed E-state index contributed by atoms with van der Waals surface area (Å²) >= 11 is 0. The summed E-state index contributed by atoms with van der Waals surface area (Å²) in [7, 11) is 4.03. The maximum atomic E-state index is 8.92. The minimum absolute atomic E-state index is 0.199. The van der Waals surface area contributed by atoms with Gasteiger partial charge in [-0.15, -0.1) is 0 Å². The van der Waals surface area contributed by atoms with Crippen LogP contribution in [0, 0.1) is 16.7 Å². The minimum atomic E-state index is -0.199. The lowest BCUT2D eigenvalue weighted by molar-refractivity contribution is 0.298. The number of aromatic nitrogens is 2. The van der Waals surface area contributed by atoms with E-state index in [1.807, 2.05) is 38.0 Å². The molecule has 4 nitrogen and oxygen atoms in total. The molecular formula is C13H22N4. The molecule has 0 fully saturated rings. The number of rotatable bonds is 6. The second kappa shape index (κ2) is 5.83. The van der Waals surface area contributed by atoms with Gasteiger partial charge in [0.2, 0.25) is 0 Å². The molecule has 0 radical (unpaired) electrons. The molecule has 1 aromatic heterocycles. The third-order valence-corrected chi connectivity index (χ3v) is 2.86. The molecule has 0 aliphatic rings. The molecule has 0 saturated carbocycles. The van der Waals surface area contributed by atoms with Crippen LogP contribution in [0.3, 0.4) is 0 Å². The highest BCUT2D eigenvalue weighted by molar-refractivity contribution is 5.02. The molecule has 0 unspecified atom stereocenters. The molecule has 0 aromatic carbocycles. The quantitative estimate of drug-likeness (QED) is 0.758. The molecule has 0 bridgehead atoms. The van der Waals surface area contributed by atoms with Crippen molar-refractivity contribution < 1.29 is 0 Å². The number of nitrogens with zero attached hydrogens (tertiary/aromatic N) is 4. The van der Waals surface area contributed by atoms with E-state index in [-0.39, 0.29) is 5.41 Å². The molecular weight excluding hydrogens is 212 g/mol. The van der Waals surface area contributed by atoms with E-state index < -0.39 is 0 Å². The van der Waals surface area contributed by atoms with Crippen LogP contribution in [-0.2, 0) is 13.6 Å². The van der Waals surface area contributed by atoms with Gasteiger partial charge in [-0.3, -0.25) is 4.68 Å². The van der Waals surface area contributed by atoms with Gasteiger partial charge in [-0.05, 0) is 40.3 Å². The Morgan fingerprint density at radius 2 is 2.24 bits per heavy atom. The van der Waals surface area contributed by atoms with Gasteiger partial charge in [0.05, 0.1) is 17.7 Å². The summed E-state index contributed by atoms with van der Waals surface area (Å²) in [6, 6.07) is 2.34. The van der Waals surface area contributed by atoms with Gasteiger partial charge in [-0.25, -0.2) is 0 Å². The van der Waals surface area contributed by atoms with Crippen LogP contribution in [0.25, 0.3) is 0 Å². The Bertz CT molecular complexity index is 386. The summed E-state index contributed by atoms with van der Waals surface area (Å²) in [5, 5.41) is 13.1. The van der Waals surface area contributed by atoms with Gasteiger partial charge < -0.3 is 4.90 Å². The van der Waals surface area contributed by atoms with Crippen molar-refractivity contribution in [2.24, 2.45) is 12.5 Å². The first-order chi connectivity index (χ1) is 7.93. The molecule has 0 aliphatic carbocycles. The van der Waals surface area contributed by atoms with Crippen LogP contribution in [0.4, 0.5) is 0 Å². The molecule has 17 heavy (non-hydrogen) atoms. The van der Waals surface area contributed by atoms with E-state index in [0.29, 0.717) is 0 Å². The second-order valence-corrected chi connectivity index (χ2v) is 5.36. The molecule has 0 saturated heterocycles. The van der Waals surface area contributed by atoms with Crippen molar-refractivity contribution in [3.8, 4) is 6.07 Å². The predicted molar refractivity (Wildman–Crippen MR) is 68.2 cm³/mol. The largest absolute Gasteiger partial charge is 0.302 e. The summed E-state index contributed by atoms with van der Waals surface area (Å²) in [5.74, 6) is 0. The van der Waals surface area contributed by atoms with Crippen molar-refractivity contribution in [1.29, 1.82) is 5.26 Å². The molecule has 1 heterocycles. The Hall–Kier alpha value is -1.34. The van der Waals surface area contributed by atoms with E-state index in [2.05, 4.69) is 23.1 Å². The molecule has 4 heteroatoms. The van der Waals surface area contributed by atoms with E-state index in [9.17, 15) is 0 Å². The first-order valence-electron chi connectivity index (χ1n) is 6.00. The lowest BCUT2D eigenvalue weighted by Gasteiger charge is -2.19. The lowest BCUT2D eigenvalue weighted by atomic mass is 9.90. The van der Waals surface area contributed by atoms with E-state index in [0.717, 1.165) is 25.9 Å².